The molecular weight excluding hydrogens is 252 g/mol. The molecule has 0 spiro atoms. The van der Waals surface area contributed by atoms with Crippen LogP contribution in [0.2, 0.25) is 0 Å². The lowest BCUT2D eigenvalue weighted by Gasteiger charge is -2.15. The predicted octanol–water partition coefficient (Wildman–Crippen LogP) is -0.245. The first-order chi connectivity index (χ1) is 8.86. The van der Waals surface area contributed by atoms with Crippen LogP contribution in [0.15, 0.2) is 0 Å². The van der Waals surface area contributed by atoms with E-state index in [1.165, 1.54) is 7.11 Å². The molecule has 0 aromatic carbocycles. The second kappa shape index (κ2) is 9.32. The molecule has 0 aliphatic carbocycles. The van der Waals surface area contributed by atoms with Crippen LogP contribution in [0.5, 0.6) is 0 Å². The quantitative estimate of drug-likeness (QED) is 0.503. The van der Waals surface area contributed by atoms with E-state index in [4.69, 9.17) is 9.84 Å². The Kier molecular flexibility index (Phi) is 8.52. The normalized spacial score (nSPS) is 13.4. The highest BCUT2D eigenvalue weighted by atomic mass is 16.5. The summed E-state index contributed by atoms with van der Waals surface area (Å²) in [5, 5.41) is 13.7. The van der Waals surface area contributed by atoms with Crippen molar-refractivity contribution in [2.45, 2.75) is 32.7 Å². The number of carbonyl (C=O) groups excluding carboxylic acids is 2. The molecule has 0 saturated carbocycles. The molecule has 0 saturated heterocycles. The van der Waals surface area contributed by atoms with Crippen LogP contribution in [-0.4, -0.2) is 49.2 Å². The van der Waals surface area contributed by atoms with Gasteiger partial charge in [-0.25, -0.2) is 0 Å². The van der Waals surface area contributed by atoms with Crippen molar-refractivity contribution in [3.63, 3.8) is 0 Å². The Balaban J connectivity index is 3.97. The number of hydrogen-bond acceptors (Lipinski definition) is 4. The van der Waals surface area contributed by atoms with Crippen molar-refractivity contribution in [2.24, 2.45) is 5.92 Å². The lowest BCUT2D eigenvalue weighted by molar-refractivity contribution is -0.138. The van der Waals surface area contributed by atoms with Crippen molar-refractivity contribution in [1.82, 2.24) is 10.6 Å². The van der Waals surface area contributed by atoms with Crippen LogP contribution in [0.1, 0.15) is 26.7 Å². The fourth-order valence-corrected chi connectivity index (χ4v) is 1.48. The number of nitrogens with one attached hydrogen (secondary N) is 2. The molecule has 7 nitrogen and oxygen atoms in total. The van der Waals surface area contributed by atoms with Crippen LogP contribution >= 0.6 is 0 Å². The summed E-state index contributed by atoms with van der Waals surface area (Å²) in [6, 6.07) is -0.651. The third-order valence-electron chi connectivity index (χ3n) is 2.43. The molecule has 0 fully saturated rings. The third kappa shape index (κ3) is 9.01. The van der Waals surface area contributed by atoms with Crippen LogP contribution in [0.3, 0.4) is 0 Å². The Morgan fingerprint density at radius 2 is 1.84 bits per heavy atom. The first-order valence-electron chi connectivity index (χ1n) is 6.14. The molecule has 7 heteroatoms. The second-order valence-electron chi connectivity index (χ2n) is 4.48. The average molecular weight is 274 g/mol. The molecular formula is C12H22N2O5. The minimum atomic E-state index is -0.939. The van der Waals surface area contributed by atoms with E-state index < -0.39 is 12.0 Å². The van der Waals surface area contributed by atoms with Gasteiger partial charge < -0.3 is 20.5 Å². The summed E-state index contributed by atoms with van der Waals surface area (Å²) < 4.78 is 4.78. The molecule has 3 N–H and O–H groups in total. The molecule has 0 bridgehead atoms. The van der Waals surface area contributed by atoms with E-state index in [2.05, 4.69) is 10.6 Å². The summed E-state index contributed by atoms with van der Waals surface area (Å²) in [5.41, 5.74) is 0. The van der Waals surface area contributed by atoms with Gasteiger partial charge in [-0.3, -0.25) is 14.4 Å². The first kappa shape index (κ1) is 17.4. The Morgan fingerprint density at radius 1 is 1.21 bits per heavy atom. The highest BCUT2D eigenvalue weighted by molar-refractivity contribution is 5.87. The summed E-state index contributed by atoms with van der Waals surface area (Å²) in [4.78, 5) is 33.6. The number of amides is 2. The number of rotatable bonds is 9. The van der Waals surface area contributed by atoms with E-state index in [-0.39, 0.29) is 30.6 Å². The van der Waals surface area contributed by atoms with Gasteiger partial charge in [0.05, 0.1) is 6.61 Å². The smallest absolute Gasteiger partial charge is 0.303 e. The van der Waals surface area contributed by atoms with Gasteiger partial charge in [0.1, 0.15) is 6.04 Å². The van der Waals surface area contributed by atoms with Gasteiger partial charge in [0.15, 0.2) is 0 Å². The van der Waals surface area contributed by atoms with Crippen LogP contribution in [0.25, 0.3) is 0 Å². The van der Waals surface area contributed by atoms with E-state index in [0.717, 1.165) is 0 Å². The molecule has 0 rings (SSSR count). The summed E-state index contributed by atoms with van der Waals surface area (Å²) in [7, 11) is 1.53. The Labute approximate surface area is 112 Å². The minimum absolute atomic E-state index is 0.0676. The Morgan fingerprint density at radius 3 is 2.37 bits per heavy atom. The number of carboxylic acid groups (broad SMARTS) is 1. The van der Waals surface area contributed by atoms with Crippen LogP contribution in [0, 0.1) is 5.92 Å². The van der Waals surface area contributed by atoms with Gasteiger partial charge >= 0.3 is 5.97 Å². The van der Waals surface area contributed by atoms with Gasteiger partial charge in [-0.1, -0.05) is 6.92 Å². The predicted molar refractivity (Wildman–Crippen MR) is 68.5 cm³/mol. The standard InChI is InChI=1S/C12H22N2O5/c1-8(7-11(16)17)6-10(15)14-9(2)12(18)13-4-5-19-3/h8-9H,4-7H2,1-3H3,(H,13,18)(H,14,15)(H,16,17). The van der Waals surface area contributed by atoms with E-state index in [1.807, 2.05) is 0 Å². The molecule has 0 aliphatic heterocycles. The van der Waals surface area contributed by atoms with Crippen molar-refractivity contribution in [1.29, 1.82) is 0 Å². The zero-order chi connectivity index (χ0) is 14.8. The fraction of sp³-hybridized carbons (Fsp3) is 0.750. The van der Waals surface area contributed by atoms with Crippen molar-refractivity contribution < 1.29 is 24.2 Å². The minimum Gasteiger partial charge on any atom is -0.481 e. The maximum absolute atomic E-state index is 11.6. The highest BCUT2D eigenvalue weighted by Gasteiger charge is 2.17. The topological polar surface area (TPSA) is 105 Å². The molecule has 0 aromatic rings. The molecule has 2 atom stereocenters. The van der Waals surface area contributed by atoms with Crippen molar-refractivity contribution >= 4 is 17.8 Å². The van der Waals surface area contributed by atoms with E-state index in [0.29, 0.717) is 13.2 Å². The molecule has 0 heterocycles. The fourth-order valence-electron chi connectivity index (χ4n) is 1.48. The monoisotopic (exact) mass is 274 g/mol. The van der Waals surface area contributed by atoms with Gasteiger partial charge in [-0.15, -0.1) is 0 Å². The SMILES string of the molecule is COCCNC(=O)C(C)NC(=O)CC(C)CC(=O)O. The van der Waals surface area contributed by atoms with Gasteiger partial charge in [-0.2, -0.15) is 0 Å². The summed E-state index contributed by atoms with van der Waals surface area (Å²) in [6.07, 6.45) is 0.0177. The van der Waals surface area contributed by atoms with Crippen molar-refractivity contribution in [2.75, 3.05) is 20.3 Å². The zero-order valence-corrected chi connectivity index (χ0v) is 11.6. The molecule has 0 aromatic heterocycles. The summed E-state index contributed by atoms with van der Waals surface area (Å²) >= 11 is 0. The van der Waals surface area contributed by atoms with Gasteiger partial charge in [0, 0.05) is 26.5 Å². The Bertz CT molecular complexity index is 319. The van der Waals surface area contributed by atoms with Crippen molar-refractivity contribution in [3.05, 3.63) is 0 Å². The molecule has 19 heavy (non-hydrogen) atoms. The molecule has 0 radical (unpaired) electrons. The lowest BCUT2D eigenvalue weighted by Crippen LogP contribution is -2.45. The van der Waals surface area contributed by atoms with E-state index in [9.17, 15) is 14.4 Å². The number of aliphatic carboxylic acids is 1. The molecule has 110 valence electrons. The summed E-state index contributed by atoms with van der Waals surface area (Å²) in [6.45, 7) is 4.03. The van der Waals surface area contributed by atoms with Crippen LogP contribution in [0.4, 0.5) is 0 Å². The summed E-state index contributed by atoms with van der Waals surface area (Å²) in [5.74, 6) is -1.83. The first-order valence-corrected chi connectivity index (χ1v) is 6.14. The molecule has 0 aliphatic rings. The number of ether oxygens (including phenoxy) is 1. The largest absolute Gasteiger partial charge is 0.481 e. The number of carbonyl (C=O) groups is 3. The molecule has 2 unspecified atom stereocenters. The number of hydrogen-bond donors (Lipinski definition) is 3. The second-order valence-corrected chi connectivity index (χ2v) is 4.48. The highest BCUT2D eigenvalue weighted by Crippen LogP contribution is 2.07. The van der Waals surface area contributed by atoms with Gasteiger partial charge in [0.2, 0.25) is 11.8 Å². The van der Waals surface area contributed by atoms with Crippen molar-refractivity contribution in [3.8, 4) is 0 Å². The zero-order valence-electron chi connectivity index (χ0n) is 11.6. The Hall–Kier alpha value is -1.63. The van der Waals surface area contributed by atoms with Crippen LogP contribution in [-0.2, 0) is 19.1 Å². The lowest BCUT2D eigenvalue weighted by atomic mass is 10.0. The van der Waals surface area contributed by atoms with Gasteiger partial charge in [0.25, 0.3) is 0 Å². The van der Waals surface area contributed by atoms with E-state index in [1.54, 1.807) is 13.8 Å². The number of carboxylic acids is 1. The average Bonchev–Trinajstić information content (AvgIpc) is 2.27. The maximum atomic E-state index is 11.6. The van der Waals surface area contributed by atoms with E-state index >= 15 is 0 Å². The maximum Gasteiger partial charge on any atom is 0.303 e. The van der Waals surface area contributed by atoms with Crippen LogP contribution < -0.4 is 10.6 Å². The number of methoxy groups -OCH3 is 1. The van der Waals surface area contributed by atoms with Gasteiger partial charge in [-0.05, 0) is 12.8 Å². The third-order valence-corrected chi connectivity index (χ3v) is 2.43. The molecule has 2 amide bonds.